The van der Waals surface area contributed by atoms with Crippen molar-refractivity contribution in [2.24, 2.45) is 0 Å². The molecule has 2 N–H and O–H groups in total. The average Bonchev–Trinajstić information content (AvgIpc) is 2.88. The molecule has 110 valence electrons. The molecule has 0 saturated carbocycles. The molecule has 2 aromatic carbocycles. The van der Waals surface area contributed by atoms with Crippen LogP contribution in [0.4, 0.5) is 0 Å². The van der Waals surface area contributed by atoms with Crippen LogP contribution in [0.25, 0.3) is 0 Å². The molecule has 21 heavy (non-hydrogen) atoms. The van der Waals surface area contributed by atoms with E-state index in [9.17, 15) is 5.11 Å². The molecule has 0 fully saturated rings. The van der Waals surface area contributed by atoms with Gasteiger partial charge in [0.15, 0.2) is 0 Å². The largest absolute Gasteiger partial charge is 0.508 e. The highest BCUT2D eigenvalue weighted by molar-refractivity contribution is 5.40. The van der Waals surface area contributed by atoms with Crippen LogP contribution >= 0.6 is 0 Å². The van der Waals surface area contributed by atoms with Crippen molar-refractivity contribution in [1.82, 2.24) is 5.32 Å². The number of phenols is 1. The lowest BCUT2D eigenvalue weighted by atomic mass is 9.84. The van der Waals surface area contributed by atoms with Gasteiger partial charge in [-0.15, -0.1) is 0 Å². The molecule has 1 unspecified atom stereocenters. The van der Waals surface area contributed by atoms with Crippen LogP contribution in [0.2, 0.25) is 0 Å². The van der Waals surface area contributed by atoms with Crippen LogP contribution in [0.15, 0.2) is 48.5 Å². The topological polar surface area (TPSA) is 32.3 Å². The fourth-order valence-corrected chi connectivity index (χ4v) is 3.19. The van der Waals surface area contributed by atoms with Crippen molar-refractivity contribution in [3.63, 3.8) is 0 Å². The molecule has 0 bridgehead atoms. The normalized spacial score (nSPS) is 17.7. The molecule has 2 aromatic rings. The Balaban J connectivity index is 1.70. The molecule has 0 radical (unpaired) electrons. The second-order valence-corrected chi connectivity index (χ2v) is 6.61. The van der Waals surface area contributed by atoms with Gasteiger partial charge in [0.2, 0.25) is 0 Å². The van der Waals surface area contributed by atoms with E-state index < -0.39 is 0 Å². The Morgan fingerprint density at radius 3 is 2.67 bits per heavy atom. The molecule has 3 rings (SSSR count). The fourth-order valence-electron chi connectivity index (χ4n) is 3.19. The van der Waals surface area contributed by atoms with E-state index in [0.717, 1.165) is 19.4 Å². The minimum atomic E-state index is 0.112. The quantitative estimate of drug-likeness (QED) is 0.889. The maximum atomic E-state index is 9.57. The number of benzene rings is 2. The van der Waals surface area contributed by atoms with Gasteiger partial charge in [-0.2, -0.15) is 0 Å². The minimum absolute atomic E-state index is 0.112. The molecular formula is C19H23NO. The summed E-state index contributed by atoms with van der Waals surface area (Å²) in [6.07, 6.45) is 2.16. The number of phenolic OH excluding ortho intramolecular Hbond substituents is 1. The number of aromatic hydroxyl groups is 1. The van der Waals surface area contributed by atoms with E-state index in [4.69, 9.17) is 0 Å². The van der Waals surface area contributed by atoms with Gasteiger partial charge in [-0.3, -0.25) is 0 Å². The van der Waals surface area contributed by atoms with Crippen molar-refractivity contribution in [1.29, 1.82) is 0 Å². The van der Waals surface area contributed by atoms with E-state index in [2.05, 4.69) is 55.6 Å². The van der Waals surface area contributed by atoms with Gasteiger partial charge in [-0.25, -0.2) is 0 Å². The first-order valence-corrected chi connectivity index (χ1v) is 7.67. The summed E-state index contributed by atoms with van der Waals surface area (Å²) in [7, 11) is 0. The number of hydrogen-bond acceptors (Lipinski definition) is 2. The monoisotopic (exact) mass is 281 g/mol. The van der Waals surface area contributed by atoms with Gasteiger partial charge in [0, 0.05) is 18.0 Å². The molecule has 0 aliphatic heterocycles. The van der Waals surface area contributed by atoms with Crippen LogP contribution in [0.3, 0.4) is 0 Å². The third kappa shape index (κ3) is 2.96. The van der Waals surface area contributed by atoms with E-state index >= 15 is 0 Å². The molecule has 0 aromatic heterocycles. The van der Waals surface area contributed by atoms with E-state index in [0.29, 0.717) is 11.8 Å². The Kier molecular flexibility index (Phi) is 3.73. The Bertz CT molecular complexity index is 619. The van der Waals surface area contributed by atoms with Gasteiger partial charge in [-0.1, -0.05) is 50.2 Å². The zero-order valence-electron chi connectivity index (χ0n) is 12.8. The Labute approximate surface area is 126 Å². The lowest BCUT2D eigenvalue weighted by molar-refractivity contribution is 0.421. The molecule has 2 heteroatoms. The Morgan fingerprint density at radius 1 is 1.14 bits per heavy atom. The zero-order chi connectivity index (χ0) is 14.9. The average molecular weight is 281 g/mol. The standard InChI is InChI=1S/C19H23NO/c1-19(2,15-6-4-3-5-7-15)13-20-18-11-8-14-12-16(21)9-10-17(14)18/h3-7,9-10,12,18,20-21H,8,11,13H2,1-2H3. The lowest BCUT2D eigenvalue weighted by Gasteiger charge is -2.28. The maximum absolute atomic E-state index is 9.57. The minimum Gasteiger partial charge on any atom is -0.508 e. The van der Waals surface area contributed by atoms with Crippen molar-refractivity contribution >= 4 is 0 Å². The zero-order valence-corrected chi connectivity index (χ0v) is 12.8. The second kappa shape index (κ2) is 5.53. The van der Waals surface area contributed by atoms with Gasteiger partial charge >= 0.3 is 0 Å². The molecule has 1 aliphatic rings. The highest BCUT2D eigenvalue weighted by Gasteiger charge is 2.26. The molecule has 2 nitrogen and oxygen atoms in total. The summed E-state index contributed by atoms with van der Waals surface area (Å²) >= 11 is 0. The van der Waals surface area contributed by atoms with Crippen molar-refractivity contribution in [3.8, 4) is 5.75 Å². The first-order valence-electron chi connectivity index (χ1n) is 7.67. The van der Waals surface area contributed by atoms with Gasteiger partial charge in [0.1, 0.15) is 5.75 Å². The van der Waals surface area contributed by atoms with E-state index in [1.54, 1.807) is 6.07 Å². The summed E-state index contributed by atoms with van der Waals surface area (Å²) in [6, 6.07) is 16.8. The highest BCUT2D eigenvalue weighted by atomic mass is 16.3. The summed E-state index contributed by atoms with van der Waals surface area (Å²) < 4.78 is 0. The molecule has 0 saturated heterocycles. The molecular weight excluding hydrogens is 258 g/mol. The third-order valence-electron chi connectivity index (χ3n) is 4.55. The first kappa shape index (κ1) is 14.2. The number of aryl methyl sites for hydroxylation is 1. The highest BCUT2D eigenvalue weighted by Crippen LogP contribution is 2.34. The summed E-state index contributed by atoms with van der Waals surface area (Å²) in [5, 5.41) is 13.3. The van der Waals surface area contributed by atoms with E-state index in [1.807, 2.05) is 6.07 Å². The predicted molar refractivity (Wildman–Crippen MR) is 86.6 cm³/mol. The van der Waals surface area contributed by atoms with Crippen LogP contribution in [0.5, 0.6) is 5.75 Å². The molecule has 0 spiro atoms. The molecule has 1 aliphatic carbocycles. The van der Waals surface area contributed by atoms with Crippen molar-refractivity contribution in [2.75, 3.05) is 6.54 Å². The molecule has 0 heterocycles. The smallest absolute Gasteiger partial charge is 0.115 e. The van der Waals surface area contributed by atoms with Crippen LogP contribution in [0.1, 0.15) is 43.0 Å². The summed E-state index contributed by atoms with van der Waals surface area (Å²) in [5.74, 6) is 0.374. The third-order valence-corrected chi connectivity index (χ3v) is 4.55. The van der Waals surface area contributed by atoms with Gasteiger partial charge in [0.25, 0.3) is 0 Å². The molecule has 0 amide bonds. The lowest BCUT2D eigenvalue weighted by Crippen LogP contribution is -2.34. The van der Waals surface area contributed by atoms with Crippen LogP contribution in [-0.4, -0.2) is 11.7 Å². The van der Waals surface area contributed by atoms with Gasteiger partial charge in [-0.05, 0) is 41.7 Å². The SMILES string of the molecule is CC(C)(CNC1CCc2cc(O)ccc21)c1ccccc1. The second-order valence-electron chi connectivity index (χ2n) is 6.61. The van der Waals surface area contributed by atoms with Crippen molar-refractivity contribution < 1.29 is 5.11 Å². The van der Waals surface area contributed by atoms with Crippen LogP contribution in [-0.2, 0) is 11.8 Å². The first-order chi connectivity index (χ1) is 10.1. The number of fused-ring (bicyclic) bond motifs is 1. The summed E-state index contributed by atoms with van der Waals surface area (Å²) in [6.45, 7) is 5.51. The van der Waals surface area contributed by atoms with Crippen molar-refractivity contribution in [3.05, 3.63) is 65.2 Å². The fraction of sp³-hybridized carbons (Fsp3) is 0.368. The number of nitrogens with one attached hydrogen (secondary N) is 1. The van der Waals surface area contributed by atoms with E-state index in [1.165, 1.54) is 16.7 Å². The summed E-state index contributed by atoms with van der Waals surface area (Å²) in [4.78, 5) is 0. The Morgan fingerprint density at radius 2 is 1.90 bits per heavy atom. The van der Waals surface area contributed by atoms with Crippen LogP contribution in [0, 0.1) is 0 Å². The van der Waals surface area contributed by atoms with Gasteiger partial charge in [0.05, 0.1) is 0 Å². The number of hydrogen-bond donors (Lipinski definition) is 2. The molecule has 1 atom stereocenters. The number of rotatable bonds is 4. The summed E-state index contributed by atoms with van der Waals surface area (Å²) in [5.41, 5.74) is 4.10. The van der Waals surface area contributed by atoms with E-state index in [-0.39, 0.29) is 5.41 Å². The van der Waals surface area contributed by atoms with Crippen molar-refractivity contribution in [2.45, 2.75) is 38.1 Å². The Hall–Kier alpha value is -1.80. The van der Waals surface area contributed by atoms with Crippen LogP contribution < -0.4 is 5.32 Å². The maximum Gasteiger partial charge on any atom is 0.115 e. The van der Waals surface area contributed by atoms with Gasteiger partial charge < -0.3 is 10.4 Å². The predicted octanol–water partition coefficient (Wildman–Crippen LogP) is 3.95.